The Kier molecular flexibility index (Phi) is 5.11. The van der Waals surface area contributed by atoms with Crippen LogP contribution in [0.5, 0.6) is 0 Å². The van der Waals surface area contributed by atoms with E-state index in [0.29, 0.717) is 16.8 Å². The van der Waals surface area contributed by atoms with Gasteiger partial charge < -0.3 is 0 Å². The highest BCUT2D eigenvalue weighted by Crippen LogP contribution is 2.23. The number of hydrazine groups is 1. The molecule has 0 aliphatic carbocycles. The molecule has 7 heteroatoms. The van der Waals surface area contributed by atoms with Crippen LogP contribution in [0.4, 0.5) is 0 Å². The molecule has 0 unspecified atom stereocenters. The number of hydrogen-bond acceptors (Lipinski definition) is 4. The number of aromatic nitrogens is 3. The molecule has 0 radical (unpaired) electrons. The lowest BCUT2D eigenvalue weighted by Gasteiger charge is -2.07. The van der Waals surface area contributed by atoms with E-state index in [9.17, 15) is 9.59 Å². The highest BCUT2D eigenvalue weighted by molar-refractivity contribution is 6.02. The van der Waals surface area contributed by atoms with E-state index in [1.54, 1.807) is 29.2 Å². The average molecular weight is 383 g/mol. The summed E-state index contributed by atoms with van der Waals surface area (Å²) >= 11 is 0. The molecule has 0 saturated heterocycles. The highest BCUT2D eigenvalue weighted by atomic mass is 16.2. The SMILES string of the molecule is O=C(NNC(=O)c1cn(-c2ccccc2)nc1-c1ccccc1)c1cccnc1. The van der Waals surface area contributed by atoms with Crippen LogP contribution in [0.15, 0.2) is 91.4 Å². The van der Waals surface area contributed by atoms with Gasteiger partial charge in [-0.2, -0.15) is 5.10 Å². The Bertz CT molecular complexity index is 1130. The lowest BCUT2D eigenvalue weighted by atomic mass is 10.1. The quantitative estimate of drug-likeness (QED) is 0.530. The molecule has 2 aromatic carbocycles. The van der Waals surface area contributed by atoms with E-state index in [4.69, 9.17) is 0 Å². The van der Waals surface area contributed by atoms with Crippen molar-refractivity contribution in [2.45, 2.75) is 0 Å². The molecule has 29 heavy (non-hydrogen) atoms. The molecule has 142 valence electrons. The van der Waals surface area contributed by atoms with Crippen molar-refractivity contribution in [2.24, 2.45) is 0 Å². The van der Waals surface area contributed by atoms with E-state index in [1.807, 2.05) is 60.7 Å². The first-order valence-electron chi connectivity index (χ1n) is 8.93. The number of rotatable bonds is 4. The summed E-state index contributed by atoms with van der Waals surface area (Å²) in [6.07, 6.45) is 4.63. The second-order valence-corrected chi connectivity index (χ2v) is 6.19. The predicted octanol–water partition coefficient (Wildman–Crippen LogP) is 3.01. The summed E-state index contributed by atoms with van der Waals surface area (Å²) in [6, 6.07) is 22.2. The fraction of sp³-hybridized carbons (Fsp3) is 0. The van der Waals surface area contributed by atoms with Gasteiger partial charge in [0.05, 0.1) is 16.8 Å². The van der Waals surface area contributed by atoms with Crippen molar-refractivity contribution < 1.29 is 9.59 Å². The van der Waals surface area contributed by atoms with E-state index in [-0.39, 0.29) is 0 Å². The van der Waals surface area contributed by atoms with Crippen LogP contribution in [-0.2, 0) is 0 Å². The molecule has 0 aliphatic heterocycles. The number of pyridine rings is 1. The molecule has 0 aliphatic rings. The van der Waals surface area contributed by atoms with Gasteiger partial charge in [-0.1, -0.05) is 48.5 Å². The van der Waals surface area contributed by atoms with E-state index < -0.39 is 11.8 Å². The maximum atomic E-state index is 12.8. The minimum Gasteiger partial charge on any atom is -0.267 e. The van der Waals surface area contributed by atoms with Crippen molar-refractivity contribution in [3.05, 3.63) is 103 Å². The number of nitrogens with zero attached hydrogens (tertiary/aromatic N) is 3. The normalized spacial score (nSPS) is 10.3. The van der Waals surface area contributed by atoms with Crippen molar-refractivity contribution >= 4 is 11.8 Å². The van der Waals surface area contributed by atoms with Crippen LogP contribution < -0.4 is 10.9 Å². The second-order valence-electron chi connectivity index (χ2n) is 6.19. The standard InChI is InChI=1S/C22H17N5O2/c28-21(17-10-7-13-23-14-17)24-25-22(29)19-15-27(18-11-5-2-6-12-18)26-20(19)16-8-3-1-4-9-16/h1-15H,(H,24,28)(H,25,29). The molecule has 2 aromatic heterocycles. The summed E-state index contributed by atoms with van der Waals surface area (Å²) in [6.45, 7) is 0. The van der Waals surface area contributed by atoms with Crippen molar-refractivity contribution in [1.29, 1.82) is 0 Å². The van der Waals surface area contributed by atoms with Gasteiger partial charge >= 0.3 is 0 Å². The zero-order chi connectivity index (χ0) is 20.1. The molecule has 0 saturated carbocycles. The molecule has 2 heterocycles. The number of nitrogens with one attached hydrogen (secondary N) is 2. The lowest BCUT2D eigenvalue weighted by Crippen LogP contribution is -2.41. The van der Waals surface area contributed by atoms with Gasteiger partial charge in [0.1, 0.15) is 5.69 Å². The molecule has 2 amide bonds. The third-order valence-electron chi connectivity index (χ3n) is 4.24. The van der Waals surface area contributed by atoms with Crippen molar-refractivity contribution in [3.63, 3.8) is 0 Å². The van der Waals surface area contributed by atoms with E-state index >= 15 is 0 Å². The first-order chi connectivity index (χ1) is 14.2. The number of benzene rings is 2. The summed E-state index contributed by atoms with van der Waals surface area (Å²) in [7, 11) is 0. The smallest absolute Gasteiger partial charge is 0.267 e. The summed E-state index contributed by atoms with van der Waals surface area (Å²) in [5.74, 6) is -0.925. The molecule has 0 bridgehead atoms. The lowest BCUT2D eigenvalue weighted by molar-refractivity contribution is 0.0847. The van der Waals surface area contributed by atoms with Crippen molar-refractivity contribution in [3.8, 4) is 16.9 Å². The largest absolute Gasteiger partial charge is 0.273 e. The summed E-state index contributed by atoms with van der Waals surface area (Å²) in [5, 5.41) is 4.59. The molecule has 4 rings (SSSR count). The van der Waals surface area contributed by atoms with Gasteiger partial charge in [-0.15, -0.1) is 0 Å². The number of para-hydroxylation sites is 1. The van der Waals surface area contributed by atoms with Gasteiger partial charge in [0, 0.05) is 24.2 Å². The average Bonchev–Trinajstić information content (AvgIpc) is 3.25. The summed E-state index contributed by atoms with van der Waals surface area (Å²) in [4.78, 5) is 28.9. The number of hydrogen-bond donors (Lipinski definition) is 2. The van der Waals surface area contributed by atoms with Crippen LogP contribution in [-0.4, -0.2) is 26.6 Å². The van der Waals surface area contributed by atoms with Gasteiger partial charge in [0.2, 0.25) is 0 Å². The van der Waals surface area contributed by atoms with Crippen LogP contribution in [0.2, 0.25) is 0 Å². The van der Waals surface area contributed by atoms with Crippen LogP contribution in [0.25, 0.3) is 16.9 Å². The Morgan fingerprint density at radius 1 is 0.793 bits per heavy atom. The topological polar surface area (TPSA) is 88.9 Å². The van der Waals surface area contributed by atoms with E-state index in [0.717, 1.165) is 11.3 Å². The number of carbonyl (C=O) groups excluding carboxylic acids is 2. The fourth-order valence-corrected chi connectivity index (χ4v) is 2.81. The minimum absolute atomic E-state index is 0.339. The Labute approximate surface area is 167 Å². The zero-order valence-electron chi connectivity index (χ0n) is 15.3. The number of carbonyl (C=O) groups is 2. The van der Waals surface area contributed by atoms with Gasteiger partial charge in [-0.05, 0) is 24.3 Å². The second kappa shape index (κ2) is 8.18. The van der Waals surface area contributed by atoms with Crippen LogP contribution in [0.3, 0.4) is 0 Å². The zero-order valence-corrected chi connectivity index (χ0v) is 15.3. The maximum absolute atomic E-state index is 12.8. The van der Waals surface area contributed by atoms with Gasteiger partial charge in [-0.25, -0.2) is 4.68 Å². The van der Waals surface area contributed by atoms with Crippen LogP contribution in [0.1, 0.15) is 20.7 Å². The Hall–Kier alpha value is -4.26. The van der Waals surface area contributed by atoms with E-state index in [2.05, 4.69) is 20.9 Å². The van der Waals surface area contributed by atoms with Crippen molar-refractivity contribution in [2.75, 3.05) is 0 Å². The summed E-state index contributed by atoms with van der Waals surface area (Å²) < 4.78 is 1.64. The first-order valence-corrected chi connectivity index (χ1v) is 8.93. The molecule has 0 atom stereocenters. The first kappa shape index (κ1) is 18.1. The molecular formula is C22H17N5O2. The van der Waals surface area contributed by atoms with Crippen molar-refractivity contribution in [1.82, 2.24) is 25.6 Å². The molecule has 0 spiro atoms. The van der Waals surface area contributed by atoms with Gasteiger partial charge in [0.15, 0.2) is 0 Å². The Morgan fingerprint density at radius 3 is 2.17 bits per heavy atom. The molecular weight excluding hydrogens is 366 g/mol. The maximum Gasteiger partial charge on any atom is 0.273 e. The third kappa shape index (κ3) is 4.03. The summed E-state index contributed by atoms with van der Waals surface area (Å²) in [5.41, 5.74) is 7.68. The number of amides is 2. The van der Waals surface area contributed by atoms with Gasteiger partial charge in [-0.3, -0.25) is 25.4 Å². The highest BCUT2D eigenvalue weighted by Gasteiger charge is 2.19. The fourth-order valence-electron chi connectivity index (χ4n) is 2.81. The molecule has 0 fully saturated rings. The monoisotopic (exact) mass is 383 g/mol. The predicted molar refractivity (Wildman–Crippen MR) is 108 cm³/mol. The van der Waals surface area contributed by atoms with Crippen LogP contribution in [0, 0.1) is 0 Å². The van der Waals surface area contributed by atoms with E-state index in [1.165, 1.54) is 6.20 Å². The van der Waals surface area contributed by atoms with Gasteiger partial charge in [0.25, 0.3) is 11.8 Å². The minimum atomic E-state index is -0.469. The molecule has 2 N–H and O–H groups in total. The molecule has 4 aromatic rings. The molecule has 7 nitrogen and oxygen atoms in total. The Balaban J connectivity index is 1.62. The third-order valence-corrected chi connectivity index (χ3v) is 4.24. The van der Waals surface area contributed by atoms with Crippen LogP contribution >= 0.6 is 0 Å². The Morgan fingerprint density at radius 2 is 1.48 bits per heavy atom.